The molecule has 7 nitrogen and oxygen atoms in total. The Bertz CT molecular complexity index is 875. The van der Waals surface area contributed by atoms with Gasteiger partial charge in [-0.3, -0.25) is 4.79 Å². The molecule has 1 amide bonds. The van der Waals surface area contributed by atoms with Gasteiger partial charge in [0.1, 0.15) is 0 Å². The first-order valence-corrected chi connectivity index (χ1v) is 7.90. The third-order valence-corrected chi connectivity index (χ3v) is 3.72. The van der Waals surface area contributed by atoms with Crippen molar-refractivity contribution in [3.05, 3.63) is 72.1 Å². The molecule has 0 bridgehead atoms. The average Bonchev–Trinajstić information content (AvgIpc) is 3.21. The number of amides is 1. The summed E-state index contributed by atoms with van der Waals surface area (Å²) in [4.78, 5) is 26.3. The van der Waals surface area contributed by atoms with Crippen molar-refractivity contribution in [2.75, 3.05) is 14.1 Å². The van der Waals surface area contributed by atoms with Gasteiger partial charge in [0.2, 0.25) is 18.4 Å². The molecule has 2 aromatic carbocycles. The van der Waals surface area contributed by atoms with Crippen LogP contribution in [0.3, 0.4) is 0 Å². The maximum atomic E-state index is 12.5. The van der Waals surface area contributed by atoms with Gasteiger partial charge in [-0.2, -0.15) is 0 Å². The molecule has 132 valence electrons. The van der Waals surface area contributed by atoms with E-state index >= 15 is 0 Å². The van der Waals surface area contributed by atoms with Crippen molar-refractivity contribution in [1.29, 1.82) is 0 Å². The summed E-state index contributed by atoms with van der Waals surface area (Å²) in [5.74, 6) is -0.548. The normalized spacial score (nSPS) is 11.6. The summed E-state index contributed by atoms with van der Waals surface area (Å²) < 4.78 is 10.6. The number of rotatable bonds is 5. The monoisotopic (exact) mass is 351 g/mol. The second-order valence-corrected chi connectivity index (χ2v) is 5.75. The van der Waals surface area contributed by atoms with E-state index in [0.29, 0.717) is 22.6 Å². The Morgan fingerprint density at radius 2 is 1.73 bits per heavy atom. The van der Waals surface area contributed by atoms with Crippen LogP contribution in [0.4, 0.5) is 0 Å². The van der Waals surface area contributed by atoms with E-state index in [1.165, 1.54) is 11.3 Å². The average molecular weight is 351 g/mol. The van der Waals surface area contributed by atoms with Crippen LogP contribution in [0.5, 0.6) is 0 Å². The zero-order valence-corrected chi connectivity index (χ0v) is 14.3. The van der Waals surface area contributed by atoms with Gasteiger partial charge in [-0.05, 0) is 24.3 Å². The third kappa shape index (κ3) is 3.77. The Morgan fingerprint density at radius 3 is 2.31 bits per heavy atom. The maximum Gasteiger partial charge on any atom is 0.339 e. The van der Waals surface area contributed by atoms with Gasteiger partial charge in [-0.25, -0.2) is 4.79 Å². The Kier molecular flexibility index (Phi) is 5.07. The van der Waals surface area contributed by atoms with Gasteiger partial charge in [0, 0.05) is 25.2 Å². The predicted molar refractivity (Wildman–Crippen MR) is 93.0 cm³/mol. The second kappa shape index (κ2) is 7.60. The fraction of sp³-hybridized carbons (Fsp3) is 0.158. The van der Waals surface area contributed by atoms with Crippen LogP contribution in [0.2, 0.25) is 0 Å². The van der Waals surface area contributed by atoms with Crippen molar-refractivity contribution in [3.8, 4) is 11.5 Å². The van der Waals surface area contributed by atoms with Gasteiger partial charge in [0.05, 0.1) is 5.56 Å². The lowest BCUT2D eigenvalue weighted by Gasteiger charge is -2.21. The van der Waals surface area contributed by atoms with Gasteiger partial charge in [0.25, 0.3) is 5.91 Å². The van der Waals surface area contributed by atoms with Crippen molar-refractivity contribution in [2.24, 2.45) is 0 Å². The van der Waals surface area contributed by atoms with Crippen LogP contribution in [0.25, 0.3) is 11.5 Å². The number of carbonyl (C=O) groups is 2. The summed E-state index contributed by atoms with van der Waals surface area (Å²) in [7, 11) is 3.23. The first-order chi connectivity index (χ1) is 12.6. The molecule has 0 N–H and O–H groups in total. The topological polar surface area (TPSA) is 85.5 Å². The molecule has 0 spiro atoms. The van der Waals surface area contributed by atoms with Gasteiger partial charge < -0.3 is 14.1 Å². The molecule has 0 saturated heterocycles. The minimum absolute atomic E-state index is 0.313. The number of ether oxygens (including phenoxy) is 1. The van der Waals surface area contributed by atoms with Crippen LogP contribution in [0.15, 0.2) is 65.4 Å². The lowest BCUT2D eigenvalue weighted by atomic mass is 10.1. The molecule has 0 unspecified atom stereocenters. The van der Waals surface area contributed by atoms with Crippen LogP contribution in [0.1, 0.15) is 22.0 Å². The maximum absolute atomic E-state index is 12.5. The van der Waals surface area contributed by atoms with E-state index < -0.39 is 12.1 Å². The van der Waals surface area contributed by atoms with E-state index in [0.717, 1.165) is 0 Å². The highest BCUT2D eigenvalue weighted by Crippen LogP contribution is 2.22. The lowest BCUT2D eigenvalue weighted by Crippen LogP contribution is -2.31. The lowest BCUT2D eigenvalue weighted by molar-refractivity contribution is -0.138. The van der Waals surface area contributed by atoms with Crippen molar-refractivity contribution in [2.45, 2.75) is 6.10 Å². The highest BCUT2D eigenvalue weighted by Gasteiger charge is 2.27. The molecular weight excluding hydrogens is 334 g/mol. The third-order valence-electron chi connectivity index (χ3n) is 3.72. The summed E-state index contributed by atoms with van der Waals surface area (Å²) in [5, 5.41) is 7.42. The van der Waals surface area contributed by atoms with Gasteiger partial charge >= 0.3 is 5.97 Å². The zero-order chi connectivity index (χ0) is 18.5. The minimum Gasteiger partial charge on any atom is -0.444 e. The minimum atomic E-state index is -1.01. The summed E-state index contributed by atoms with van der Waals surface area (Å²) in [6, 6.07) is 15.4. The van der Waals surface area contributed by atoms with Crippen molar-refractivity contribution in [1.82, 2.24) is 15.1 Å². The Morgan fingerprint density at radius 1 is 1.04 bits per heavy atom. The first-order valence-electron chi connectivity index (χ1n) is 7.90. The van der Waals surface area contributed by atoms with Crippen molar-refractivity contribution in [3.63, 3.8) is 0 Å². The van der Waals surface area contributed by atoms with Crippen molar-refractivity contribution >= 4 is 11.9 Å². The summed E-state index contributed by atoms with van der Waals surface area (Å²) in [5.41, 5.74) is 1.62. The van der Waals surface area contributed by atoms with Gasteiger partial charge in [0.15, 0.2) is 0 Å². The molecule has 26 heavy (non-hydrogen) atoms. The number of aromatic nitrogens is 2. The largest absolute Gasteiger partial charge is 0.444 e. The number of nitrogens with zero attached hydrogens (tertiary/aromatic N) is 3. The van der Waals surface area contributed by atoms with E-state index in [2.05, 4.69) is 10.2 Å². The van der Waals surface area contributed by atoms with Crippen LogP contribution >= 0.6 is 0 Å². The van der Waals surface area contributed by atoms with E-state index in [1.807, 2.05) is 6.07 Å². The molecule has 3 rings (SSSR count). The van der Waals surface area contributed by atoms with E-state index in [1.54, 1.807) is 62.6 Å². The van der Waals surface area contributed by atoms with Crippen LogP contribution in [-0.4, -0.2) is 41.1 Å². The van der Waals surface area contributed by atoms with E-state index in [4.69, 9.17) is 9.15 Å². The zero-order valence-electron chi connectivity index (χ0n) is 14.3. The van der Waals surface area contributed by atoms with Crippen LogP contribution in [0, 0.1) is 0 Å². The number of esters is 1. The van der Waals surface area contributed by atoms with E-state index in [-0.39, 0.29) is 5.91 Å². The van der Waals surface area contributed by atoms with Crippen LogP contribution < -0.4 is 0 Å². The molecular formula is C19H17N3O4. The Labute approximate surface area is 150 Å². The molecule has 1 atom stereocenters. The fourth-order valence-electron chi connectivity index (χ4n) is 2.35. The second-order valence-electron chi connectivity index (χ2n) is 5.75. The number of benzene rings is 2. The fourth-order valence-corrected chi connectivity index (χ4v) is 2.35. The SMILES string of the molecule is CN(C)C(=O)[C@H](OC(=O)c1ccc(-c2nnco2)cc1)c1ccccc1. The smallest absolute Gasteiger partial charge is 0.339 e. The molecule has 7 heteroatoms. The van der Waals surface area contributed by atoms with Gasteiger partial charge in [-0.1, -0.05) is 30.3 Å². The van der Waals surface area contributed by atoms with Crippen LogP contribution in [-0.2, 0) is 9.53 Å². The predicted octanol–water partition coefficient (Wildman–Crippen LogP) is 2.72. The molecule has 0 aliphatic carbocycles. The molecule has 3 aromatic rings. The Balaban J connectivity index is 1.80. The summed E-state index contributed by atoms with van der Waals surface area (Å²) >= 11 is 0. The molecule has 0 fully saturated rings. The molecule has 0 aliphatic rings. The number of hydrogen-bond acceptors (Lipinski definition) is 6. The van der Waals surface area contributed by atoms with E-state index in [9.17, 15) is 9.59 Å². The number of hydrogen-bond donors (Lipinski definition) is 0. The highest BCUT2D eigenvalue weighted by molar-refractivity contribution is 5.93. The summed E-state index contributed by atoms with van der Waals surface area (Å²) in [6.07, 6.45) is 0.226. The number of likely N-dealkylation sites (N-methyl/N-ethyl adjacent to an activating group) is 1. The molecule has 0 saturated carbocycles. The van der Waals surface area contributed by atoms with Gasteiger partial charge in [-0.15, -0.1) is 10.2 Å². The van der Waals surface area contributed by atoms with Crippen molar-refractivity contribution < 1.29 is 18.7 Å². The summed E-state index contributed by atoms with van der Waals surface area (Å²) in [6.45, 7) is 0. The quantitative estimate of drug-likeness (QED) is 0.657. The number of carbonyl (C=O) groups excluding carboxylic acids is 2. The first kappa shape index (κ1) is 17.3. The molecule has 0 radical (unpaired) electrons. The Hall–Kier alpha value is -3.48. The standard InChI is InChI=1S/C19H17N3O4/c1-22(2)18(23)16(13-6-4-3-5-7-13)26-19(24)15-10-8-14(9-11-15)17-21-20-12-25-17/h3-12,16H,1-2H3/t16-/m1/s1. The molecule has 1 aromatic heterocycles. The molecule has 0 aliphatic heterocycles. The molecule has 1 heterocycles. The highest BCUT2D eigenvalue weighted by atomic mass is 16.5.